The monoisotopic (exact) mass is 468 g/mol. The van der Waals surface area contributed by atoms with Crippen molar-refractivity contribution < 1.29 is 13.7 Å². The van der Waals surface area contributed by atoms with Crippen molar-refractivity contribution in [1.29, 1.82) is 0 Å². The summed E-state index contributed by atoms with van der Waals surface area (Å²) in [7, 11) is 0. The Hall–Kier alpha value is -1.54. The van der Waals surface area contributed by atoms with Gasteiger partial charge in [0.25, 0.3) is 5.56 Å². The maximum Gasteiger partial charge on any atom is 0.253 e. The predicted octanol–water partition coefficient (Wildman–Crippen LogP) is 5.37. The van der Waals surface area contributed by atoms with Gasteiger partial charge in [-0.05, 0) is 65.5 Å². The lowest BCUT2D eigenvalue weighted by atomic mass is 9.72. The van der Waals surface area contributed by atoms with Crippen LogP contribution in [0.15, 0.2) is 35.1 Å². The Morgan fingerprint density at radius 1 is 1.42 bits per heavy atom. The van der Waals surface area contributed by atoms with Crippen LogP contribution < -0.4 is 15.0 Å². The van der Waals surface area contributed by atoms with E-state index < -0.39 is 27.8 Å². The molecule has 1 aliphatic carbocycles. The summed E-state index contributed by atoms with van der Waals surface area (Å²) >= 11 is 5.10. The van der Waals surface area contributed by atoms with Gasteiger partial charge in [-0.25, -0.2) is 4.39 Å². The van der Waals surface area contributed by atoms with Gasteiger partial charge in [0.2, 0.25) is 0 Å². The molecule has 1 saturated carbocycles. The largest absolute Gasteiger partial charge is 0.598 e. The number of aromatic nitrogens is 1. The highest BCUT2D eigenvalue weighted by atomic mass is 35.5. The van der Waals surface area contributed by atoms with Crippen LogP contribution in [0.1, 0.15) is 59.1 Å². The van der Waals surface area contributed by atoms with Gasteiger partial charge in [-0.15, -0.1) is 4.72 Å². The van der Waals surface area contributed by atoms with Crippen molar-refractivity contribution in [3.8, 4) is 5.75 Å². The lowest BCUT2D eigenvalue weighted by Gasteiger charge is -2.39. The SMILES string of the molecule is C/C=C/C1(F)CC(COc2cc3[nH]c(=O)c(C(C)N[S+]([O-])C(C)(C)C)cc3cc2Cl)C1. The zero-order valence-electron chi connectivity index (χ0n) is 18.6. The van der Waals surface area contributed by atoms with Crippen molar-refractivity contribution in [3.05, 3.63) is 51.3 Å². The highest BCUT2D eigenvalue weighted by Crippen LogP contribution is 2.43. The molecule has 31 heavy (non-hydrogen) atoms. The van der Waals surface area contributed by atoms with E-state index in [0.717, 1.165) is 5.39 Å². The van der Waals surface area contributed by atoms with Gasteiger partial charge < -0.3 is 14.3 Å². The number of hydrogen-bond donors (Lipinski definition) is 2. The summed E-state index contributed by atoms with van der Waals surface area (Å²) in [6.07, 6.45) is 4.20. The summed E-state index contributed by atoms with van der Waals surface area (Å²) in [5.41, 5.74) is -0.412. The van der Waals surface area contributed by atoms with E-state index >= 15 is 0 Å². The second-order valence-electron chi connectivity index (χ2n) is 9.26. The van der Waals surface area contributed by atoms with Gasteiger partial charge in [0.05, 0.1) is 23.2 Å². The molecule has 2 unspecified atom stereocenters. The number of hydrogen-bond acceptors (Lipinski definition) is 4. The minimum Gasteiger partial charge on any atom is -0.598 e. The highest BCUT2D eigenvalue weighted by molar-refractivity contribution is 7.90. The van der Waals surface area contributed by atoms with Crippen LogP contribution in [-0.2, 0) is 11.4 Å². The number of fused-ring (bicyclic) bond motifs is 1. The van der Waals surface area contributed by atoms with E-state index in [0.29, 0.717) is 41.3 Å². The molecule has 1 aromatic heterocycles. The Morgan fingerprint density at radius 3 is 2.71 bits per heavy atom. The molecule has 2 aromatic rings. The number of nitrogens with one attached hydrogen (secondary N) is 2. The van der Waals surface area contributed by atoms with Gasteiger partial charge in [-0.1, -0.05) is 23.8 Å². The number of benzene rings is 1. The van der Waals surface area contributed by atoms with E-state index in [1.807, 2.05) is 27.7 Å². The van der Waals surface area contributed by atoms with E-state index in [4.69, 9.17) is 16.3 Å². The number of halogens is 2. The third-order valence-electron chi connectivity index (χ3n) is 5.43. The second kappa shape index (κ2) is 9.14. The topological polar surface area (TPSA) is 77.2 Å². The molecule has 0 spiro atoms. The Balaban J connectivity index is 1.74. The van der Waals surface area contributed by atoms with Gasteiger partial charge in [-0.2, -0.15) is 0 Å². The van der Waals surface area contributed by atoms with Gasteiger partial charge >= 0.3 is 0 Å². The van der Waals surface area contributed by atoms with Crippen molar-refractivity contribution in [3.63, 3.8) is 0 Å². The smallest absolute Gasteiger partial charge is 0.253 e. The molecule has 1 aliphatic rings. The molecule has 2 atom stereocenters. The van der Waals surface area contributed by atoms with Crippen LogP contribution in [-0.4, -0.2) is 26.6 Å². The fourth-order valence-corrected chi connectivity index (χ4v) is 4.75. The van der Waals surface area contributed by atoms with Crippen LogP contribution >= 0.6 is 11.6 Å². The molecule has 0 aliphatic heterocycles. The zero-order chi connectivity index (χ0) is 23.0. The number of alkyl halides is 1. The summed E-state index contributed by atoms with van der Waals surface area (Å²) in [4.78, 5) is 15.5. The molecule has 170 valence electrons. The zero-order valence-corrected chi connectivity index (χ0v) is 20.1. The Bertz CT molecular complexity index is 1030. The van der Waals surface area contributed by atoms with Crippen LogP contribution in [0.2, 0.25) is 5.02 Å². The molecule has 1 aromatic carbocycles. The van der Waals surface area contributed by atoms with Crippen molar-refractivity contribution in [2.24, 2.45) is 5.92 Å². The Kier molecular flexibility index (Phi) is 7.11. The second-order valence-corrected chi connectivity index (χ2v) is 11.7. The lowest BCUT2D eigenvalue weighted by molar-refractivity contribution is 0.0261. The first kappa shape index (κ1) is 24.1. The normalized spacial score (nSPS) is 23.7. The molecular formula is C23H30ClFN2O3S. The summed E-state index contributed by atoms with van der Waals surface area (Å²) in [5.74, 6) is 0.588. The fourth-order valence-electron chi connectivity index (χ4n) is 3.72. The summed E-state index contributed by atoms with van der Waals surface area (Å²) in [5, 5.41) is 1.17. The minimum absolute atomic E-state index is 0.130. The average molecular weight is 469 g/mol. The summed E-state index contributed by atoms with van der Waals surface area (Å²) in [6.45, 7) is 9.59. The number of rotatable bonds is 7. The van der Waals surface area contributed by atoms with E-state index in [-0.39, 0.29) is 11.5 Å². The maximum absolute atomic E-state index is 14.2. The number of ether oxygens (including phenoxy) is 1. The molecule has 2 N–H and O–H groups in total. The summed E-state index contributed by atoms with van der Waals surface area (Å²) in [6, 6.07) is 4.78. The number of aromatic amines is 1. The average Bonchev–Trinajstić information content (AvgIpc) is 2.64. The standard InChI is InChI=1S/C23H30ClFN2O3S/c1-6-7-23(25)11-15(12-23)13-30-20-10-19-16(9-18(20)24)8-17(21(28)26-19)14(2)27-31(29)22(3,4)5/h6-10,14-15,27H,11-13H2,1-5H3,(H,26,28)/b7-6+. The van der Waals surface area contributed by atoms with Gasteiger partial charge in [0, 0.05) is 28.4 Å². The summed E-state index contributed by atoms with van der Waals surface area (Å²) < 4.78 is 35.0. The third kappa shape index (κ3) is 5.64. The van der Waals surface area contributed by atoms with Crippen molar-refractivity contribution in [2.45, 2.75) is 63.9 Å². The molecule has 0 amide bonds. The molecule has 0 bridgehead atoms. The number of allylic oxidation sites excluding steroid dienone is 2. The molecule has 5 nitrogen and oxygen atoms in total. The van der Waals surface area contributed by atoms with E-state index in [1.165, 1.54) is 0 Å². The first-order valence-corrected chi connectivity index (χ1v) is 11.9. The molecule has 1 fully saturated rings. The van der Waals surface area contributed by atoms with Crippen LogP contribution in [0.5, 0.6) is 5.75 Å². The maximum atomic E-state index is 14.2. The van der Waals surface area contributed by atoms with Crippen LogP contribution in [0.4, 0.5) is 4.39 Å². The highest BCUT2D eigenvalue weighted by Gasteiger charge is 2.42. The lowest BCUT2D eigenvalue weighted by Crippen LogP contribution is -2.41. The van der Waals surface area contributed by atoms with Crippen LogP contribution in [0.3, 0.4) is 0 Å². The Morgan fingerprint density at radius 2 is 2.10 bits per heavy atom. The van der Waals surface area contributed by atoms with Gasteiger partial charge in [-0.3, -0.25) is 4.79 Å². The molecule has 1 heterocycles. The van der Waals surface area contributed by atoms with Crippen molar-refractivity contribution in [1.82, 2.24) is 9.71 Å². The van der Waals surface area contributed by atoms with Crippen molar-refractivity contribution in [2.75, 3.05) is 6.61 Å². The van der Waals surface area contributed by atoms with Gasteiger partial charge in [0.15, 0.2) is 0 Å². The first-order chi connectivity index (χ1) is 14.4. The van der Waals surface area contributed by atoms with E-state index in [1.54, 1.807) is 37.3 Å². The fraction of sp³-hybridized carbons (Fsp3) is 0.522. The van der Waals surface area contributed by atoms with Gasteiger partial charge in [0.1, 0.15) is 16.2 Å². The van der Waals surface area contributed by atoms with E-state index in [2.05, 4.69) is 9.71 Å². The number of H-pyrrole nitrogens is 1. The molecule has 0 saturated heterocycles. The van der Waals surface area contributed by atoms with Crippen LogP contribution in [0.25, 0.3) is 10.9 Å². The molecule has 3 rings (SSSR count). The number of pyridine rings is 1. The first-order valence-electron chi connectivity index (χ1n) is 10.4. The third-order valence-corrected chi connectivity index (χ3v) is 7.40. The quantitative estimate of drug-likeness (QED) is 0.423. The molecule has 8 heteroatoms. The minimum atomic E-state index is -1.31. The molecular weight excluding hydrogens is 439 g/mol. The predicted molar refractivity (Wildman–Crippen MR) is 126 cm³/mol. The van der Waals surface area contributed by atoms with Crippen LogP contribution in [0, 0.1) is 5.92 Å². The van der Waals surface area contributed by atoms with E-state index in [9.17, 15) is 13.7 Å². The van der Waals surface area contributed by atoms with Crippen molar-refractivity contribution >= 4 is 33.9 Å². The Labute approximate surface area is 190 Å². The molecule has 0 radical (unpaired) electrons.